The van der Waals surface area contributed by atoms with Crippen molar-refractivity contribution in [2.45, 2.75) is 19.3 Å². The number of esters is 1. The monoisotopic (exact) mass is 386 g/mol. The van der Waals surface area contributed by atoms with Gasteiger partial charge in [0.15, 0.2) is 0 Å². The zero-order valence-electron chi connectivity index (χ0n) is 16.0. The number of hydrogen-bond acceptors (Lipinski definition) is 5. The molecule has 4 aromatic rings. The Kier molecular flexibility index (Phi) is 3.91. The summed E-state index contributed by atoms with van der Waals surface area (Å²) in [7, 11) is 1.64. The Morgan fingerprint density at radius 1 is 0.966 bits per heavy atom. The fourth-order valence-corrected chi connectivity index (χ4v) is 4.28. The summed E-state index contributed by atoms with van der Waals surface area (Å²) < 4.78 is 16.6. The minimum absolute atomic E-state index is 0.167. The van der Waals surface area contributed by atoms with Crippen LogP contribution in [0.3, 0.4) is 0 Å². The maximum atomic E-state index is 12.4. The summed E-state index contributed by atoms with van der Waals surface area (Å²) in [5.41, 5.74) is 2.59. The summed E-state index contributed by atoms with van der Waals surface area (Å²) >= 11 is 0. The van der Waals surface area contributed by atoms with E-state index in [0.717, 1.165) is 38.6 Å². The van der Waals surface area contributed by atoms with E-state index in [4.69, 9.17) is 13.9 Å². The van der Waals surface area contributed by atoms with Gasteiger partial charge in [0.2, 0.25) is 0 Å². The maximum Gasteiger partial charge on any atom is 0.336 e. The smallest absolute Gasteiger partial charge is 0.336 e. The number of rotatable bonds is 2. The van der Waals surface area contributed by atoms with Gasteiger partial charge in [-0.15, -0.1) is 0 Å². The first kappa shape index (κ1) is 17.5. The number of methoxy groups -OCH3 is 1. The van der Waals surface area contributed by atoms with Crippen LogP contribution < -0.4 is 15.1 Å². The highest BCUT2D eigenvalue weighted by Crippen LogP contribution is 2.45. The largest absolute Gasteiger partial charge is 0.496 e. The molecule has 144 valence electrons. The molecule has 0 amide bonds. The SMILES string of the molecule is COc1ccc([C@H]2CC(=O)Oc3ccc4c(C)cc(=O)oc4c32)c2ccccc12. The molecule has 1 aliphatic rings. The van der Waals surface area contributed by atoms with E-state index in [1.165, 1.54) is 6.07 Å². The molecule has 0 fully saturated rings. The molecule has 1 atom stereocenters. The quantitative estimate of drug-likeness (QED) is 0.284. The summed E-state index contributed by atoms with van der Waals surface area (Å²) in [4.78, 5) is 24.5. The van der Waals surface area contributed by atoms with E-state index < -0.39 is 5.63 Å². The summed E-state index contributed by atoms with van der Waals surface area (Å²) in [5.74, 6) is 0.600. The van der Waals surface area contributed by atoms with E-state index in [-0.39, 0.29) is 18.3 Å². The second-order valence-electron chi connectivity index (χ2n) is 7.24. The van der Waals surface area contributed by atoms with Crippen molar-refractivity contribution in [1.29, 1.82) is 0 Å². The minimum atomic E-state index is -0.418. The molecular weight excluding hydrogens is 368 g/mol. The number of aryl methyl sites for hydroxylation is 1. The second-order valence-corrected chi connectivity index (χ2v) is 7.24. The summed E-state index contributed by atoms with van der Waals surface area (Å²) in [6.07, 6.45) is 0.167. The Morgan fingerprint density at radius 3 is 2.55 bits per heavy atom. The average Bonchev–Trinajstić information content (AvgIpc) is 2.71. The molecule has 5 nitrogen and oxygen atoms in total. The lowest BCUT2D eigenvalue weighted by atomic mass is 9.82. The van der Waals surface area contributed by atoms with Gasteiger partial charge in [-0.25, -0.2) is 4.79 Å². The molecule has 0 saturated carbocycles. The Morgan fingerprint density at radius 2 is 1.76 bits per heavy atom. The molecule has 2 heterocycles. The Bertz CT molecular complexity index is 1350. The molecule has 0 bridgehead atoms. The van der Waals surface area contributed by atoms with Crippen LogP contribution in [0, 0.1) is 6.92 Å². The van der Waals surface area contributed by atoms with E-state index in [1.54, 1.807) is 13.2 Å². The van der Waals surface area contributed by atoms with Crippen LogP contribution in [0.5, 0.6) is 11.5 Å². The highest BCUT2D eigenvalue weighted by Gasteiger charge is 2.33. The number of fused-ring (bicyclic) bond motifs is 4. The first-order chi connectivity index (χ1) is 14.1. The van der Waals surface area contributed by atoms with E-state index in [9.17, 15) is 9.59 Å². The molecule has 1 aromatic heterocycles. The molecule has 29 heavy (non-hydrogen) atoms. The number of carbonyl (C=O) groups excluding carboxylic acids is 1. The van der Waals surface area contributed by atoms with Crippen LogP contribution >= 0.6 is 0 Å². The van der Waals surface area contributed by atoms with Crippen molar-refractivity contribution < 1.29 is 18.7 Å². The Balaban J connectivity index is 1.86. The predicted octanol–water partition coefficient (Wildman–Crippen LogP) is 4.70. The van der Waals surface area contributed by atoms with Gasteiger partial charge >= 0.3 is 11.6 Å². The lowest BCUT2D eigenvalue weighted by molar-refractivity contribution is -0.135. The highest BCUT2D eigenvalue weighted by molar-refractivity contribution is 5.95. The van der Waals surface area contributed by atoms with Crippen LogP contribution in [0.2, 0.25) is 0 Å². The third-order valence-electron chi connectivity index (χ3n) is 5.57. The standard InChI is InChI=1S/C24H18O5/c1-13-11-21(25)29-24-14(13)7-10-20-23(24)18(12-22(26)28-20)16-8-9-19(27-2)17-6-4-3-5-15(16)17/h3-11,18H,12H2,1-2H3/t18-/m1/s1. The van der Waals surface area contributed by atoms with Crippen molar-refractivity contribution >= 4 is 27.7 Å². The molecule has 0 radical (unpaired) electrons. The van der Waals surface area contributed by atoms with Gasteiger partial charge in [-0.2, -0.15) is 0 Å². The van der Waals surface area contributed by atoms with Crippen molar-refractivity contribution in [2.75, 3.05) is 7.11 Å². The van der Waals surface area contributed by atoms with Crippen LogP contribution in [0.1, 0.15) is 29.0 Å². The molecule has 5 rings (SSSR count). The van der Waals surface area contributed by atoms with Crippen LogP contribution in [0.15, 0.2) is 63.8 Å². The normalized spacial score (nSPS) is 15.9. The lowest BCUT2D eigenvalue weighted by Gasteiger charge is -2.27. The van der Waals surface area contributed by atoms with Crippen LogP contribution in [-0.2, 0) is 4.79 Å². The van der Waals surface area contributed by atoms with Gasteiger partial charge in [-0.1, -0.05) is 30.3 Å². The number of carbonyl (C=O) groups is 1. The van der Waals surface area contributed by atoms with Crippen molar-refractivity contribution in [3.63, 3.8) is 0 Å². The third kappa shape index (κ3) is 2.70. The van der Waals surface area contributed by atoms with Gasteiger partial charge in [-0.3, -0.25) is 4.79 Å². The molecule has 5 heteroatoms. The van der Waals surface area contributed by atoms with Gasteiger partial charge in [0.1, 0.15) is 17.1 Å². The van der Waals surface area contributed by atoms with Gasteiger partial charge in [0.25, 0.3) is 0 Å². The fraction of sp³-hybridized carbons (Fsp3) is 0.167. The van der Waals surface area contributed by atoms with E-state index in [0.29, 0.717) is 11.3 Å². The molecule has 0 aliphatic carbocycles. The molecule has 0 spiro atoms. The summed E-state index contributed by atoms with van der Waals surface area (Å²) in [5, 5.41) is 2.79. The number of benzene rings is 3. The first-order valence-corrected chi connectivity index (χ1v) is 9.40. The van der Waals surface area contributed by atoms with E-state index in [2.05, 4.69) is 0 Å². The molecule has 1 aliphatic heterocycles. The highest BCUT2D eigenvalue weighted by atomic mass is 16.5. The van der Waals surface area contributed by atoms with Gasteiger partial charge in [0.05, 0.1) is 13.5 Å². The average molecular weight is 386 g/mol. The lowest BCUT2D eigenvalue weighted by Crippen LogP contribution is -2.22. The predicted molar refractivity (Wildman–Crippen MR) is 110 cm³/mol. The zero-order valence-corrected chi connectivity index (χ0v) is 16.0. The fourth-order valence-electron chi connectivity index (χ4n) is 4.28. The number of ether oxygens (including phenoxy) is 2. The molecule has 0 unspecified atom stereocenters. The number of hydrogen-bond donors (Lipinski definition) is 0. The first-order valence-electron chi connectivity index (χ1n) is 9.40. The van der Waals surface area contributed by atoms with Crippen molar-refractivity contribution in [3.8, 4) is 11.5 Å². The van der Waals surface area contributed by atoms with E-state index >= 15 is 0 Å². The Hall–Kier alpha value is -3.60. The zero-order chi connectivity index (χ0) is 20.1. The second kappa shape index (κ2) is 6.48. The summed E-state index contributed by atoms with van der Waals surface area (Å²) in [6, 6.07) is 16.9. The van der Waals surface area contributed by atoms with Crippen molar-refractivity contribution in [1.82, 2.24) is 0 Å². The topological polar surface area (TPSA) is 65.7 Å². The Labute approximate surface area is 166 Å². The van der Waals surface area contributed by atoms with Crippen LogP contribution in [-0.4, -0.2) is 13.1 Å². The minimum Gasteiger partial charge on any atom is -0.496 e. The summed E-state index contributed by atoms with van der Waals surface area (Å²) in [6.45, 7) is 1.87. The molecule has 0 saturated heterocycles. The van der Waals surface area contributed by atoms with Crippen molar-refractivity contribution in [3.05, 3.63) is 81.7 Å². The molecule has 0 N–H and O–H groups in total. The molecular formula is C24H18O5. The van der Waals surface area contributed by atoms with Crippen LogP contribution in [0.25, 0.3) is 21.7 Å². The van der Waals surface area contributed by atoms with Gasteiger partial charge in [0, 0.05) is 28.3 Å². The van der Waals surface area contributed by atoms with E-state index in [1.807, 2.05) is 49.4 Å². The molecule has 3 aromatic carbocycles. The maximum absolute atomic E-state index is 12.4. The van der Waals surface area contributed by atoms with Gasteiger partial charge in [-0.05, 0) is 41.6 Å². The van der Waals surface area contributed by atoms with Gasteiger partial charge < -0.3 is 13.9 Å². The third-order valence-corrected chi connectivity index (χ3v) is 5.57. The van der Waals surface area contributed by atoms with Crippen molar-refractivity contribution in [2.24, 2.45) is 0 Å². The van der Waals surface area contributed by atoms with Crippen LogP contribution in [0.4, 0.5) is 0 Å².